The molecule has 0 unspecified atom stereocenters. The third-order valence-electron chi connectivity index (χ3n) is 5.19. The van der Waals surface area contributed by atoms with Gasteiger partial charge in [0, 0.05) is 25.3 Å². The van der Waals surface area contributed by atoms with Crippen LogP contribution >= 0.6 is 0 Å². The summed E-state index contributed by atoms with van der Waals surface area (Å²) in [5.74, 6) is -0.114. The maximum atomic E-state index is 13.2. The summed E-state index contributed by atoms with van der Waals surface area (Å²) < 4.78 is 12.4. The molecule has 0 spiro atoms. The van der Waals surface area contributed by atoms with Crippen molar-refractivity contribution in [2.45, 2.75) is 12.7 Å². The summed E-state index contributed by atoms with van der Waals surface area (Å²) >= 11 is 0. The quantitative estimate of drug-likeness (QED) is 0.701. The van der Waals surface area contributed by atoms with E-state index in [1.54, 1.807) is 17.8 Å². The summed E-state index contributed by atoms with van der Waals surface area (Å²) in [5, 5.41) is 4.39. The summed E-state index contributed by atoms with van der Waals surface area (Å²) in [4.78, 5) is 15.0. The average molecular weight is 373 g/mol. The number of carbonyl (C=O) groups is 1. The lowest BCUT2D eigenvalue weighted by molar-refractivity contribution is -0.0306. The van der Waals surface area contributed by atoms with E-state index in [1.807, 2.05) is 35.2 Å². The lowest BCUT2D eigenvalue weighted by atomic mass is 9.98. The number of amides is 1. The van der Waals surface area contributed by atoms with Crippen LogP contribution in [0.3, 0.4) is 0 Å². The van der Waals surface area contributed by atoms with Gasteiger partial charge in [0.2, 0.25) is 0 Å². The van der Waals surface area contributed by atoms with Crippen molar-refractivity contribution in [1.82, 2.24) is 9.78 Å². The number of carbonyl (C=O) groups excluding carboxylic acids is 1. The predicted octanol–water partition coefficient (Wildman–Crippen LogP) is 3.81. The molecule has 140 valence electrons. The van der Waals surface area contributed by atoms with E-state index in [-0.39, 0.29) is 5.91 Å². The Labute approximate surface area is 162 Å². The Balaban J connectivity index is 1.47. The van der Waals surface area contributed by atoms with E-state index >= 15 is 0 Å². The van der Waals surface area contributed by atoms with Crippen LogP contribution in [0.2, 0.25) is 0 Å². The van der Waals surface area contributed by atoms with Crippen molar-refractivity contribution in [3.05, 3.63) is 84.1 Å². The predicted molar refractivity (Wildman–Crippen MR) is 105 cm³/mol. The Bertz CT molecular complexity index is 1060. The largest absolute Gasteiger partial charge is 0.454 e. The van der Waals surface area contributed by atoms with Crippen LogP contribution in [-0.2, 0) is 22.9 Å². The summed E-state index contributed by atoms with van der Waals surface area (Å²) in [6, 6.07) is 18.1. The Morgan fingerprint density at radius 2 is 1.86 bits per heavy atom. The van der Waals surface area contributed by atoms with Gasteiger partial charge < -0.3 is 14.4 Å². The van der Waals surface area contributed by atoms with E-state index in [0.29, 0.717) is 17.9 Å². The van der Waals surface area contributed by atoms with Gasteiger partial charge in [-0.15, -0.1) is 0 Å². The molecule has 0 radical (unpaired) electrons. The Morgan fingerprint density at radius 1 is 1.07 bits per heavy atom. The zero-order chi connectivity index (χ0) is 19.1. The topological polar surface area (TPSA) is 56.6 Å². The summed E-state index contributed by atoms with van der Waals surface area (Å²) in [6.45, 7) is 0.641. The van der Waals surface area contributed by atoms with Crippen LogP contribution in [0, 0.1) is 0 Å². The van der Waals surface area contributed by atoms with Gasteiger partial charge >= 0.3 is 0 Å². The van der Waals surface area contributed by atoms with Gasteiger partial charge in [-0.3, -0.25) is 9.48 Å². The highest BCUT2D eigenvalue weighted by molar-refractivity contribution is 6.06. The molecule has 1 amide bonds. The SMILES string of the molecule is Cn1nc(C(=O)N2CCc3c(-c4ccccc4)cccc32)cc1C1OC=CO1. The highest BCUT2D eigenvalue weighted by Gasteiger charge is 2.30. The minimum Gasteiger partial charge on any atom is -0.454 e. The van der Waals surface area contributed by atoms with E-state index < -0.39 is 6.29 Å². The third kappa shape index (κ3) is 2.65. The number of fused-ring (bicyclic) bond motifs is 1. The molecule has 6 heteroatoms. The first-order valence-electron chi connectivity index (χ1n) is 9.21. The molecule has 0 saturated carbocycles. The van der Waals surface area contributed by atoms with Crippen LogP contribution in [0.15, 0.2) is 67.1 Å². The molecule has 0 saturated heterocycles. The number of aryl methyl sites for hydroxylation is 1. The molecule has 0 N–H and O–H groups in total. The number of hydrogen-bond acceptors (Lipinski definition) is 4. The van der Waals surface area contributed by atoms with Crippen molar-refractivity contribution < 1.29 is 14.3 Å². The average Bonchev–Trinajstić information content (AvgIpc) is 3.47. The van der Waals surface area contributed by atoms with Crippen molar-refractivity contribution in [2.75, 3.05) is 11.4 Å². The first kappa shape index (κ1) is 16.6. The number of aromatic nitrogens is 2. The molecule has 1 aromatic heterocycles. The first-order valence-corrected chi connectivity index (χ1v) is 9.21. The van der Waals surface area contributed by atoms with Crippen molar-refractivity contribution >= 4 is 11.6 Å². The standard InChI is InChI=1S/C22H19N3O3/c1-24-20(22-27-12-13-28-22)14-18(23-24)21(26)25-11-10-17-16(8-5-9-19(17)25)15-6-3-2-4-7-15/h2-9,12-14,22H,10-11H2,1H3. The van der Waals surface area contributed by atoms with Gasteiger partial charge in [0.1, 0.15) is 18.2 Å². The summed E-state index contributed by atoms with van der Waals surface area (Å²) in [7, 11) is 1.78. The summed E-state index contributed by atoms with van der Waals surface area (Å²) in [6.07, 6.45) is 3.24. The summed E-state index contributed by atoms with van der Waals surface area (Å²) in [5.41, 5.74) is 5.57. The van der Waals surface area contributed by atoms with Crippen LogP contribution in [0.4, 0.5) is 5.69 Å². The van der Waals surface area contributed by atoms with Crippen molar-refractivity contribution in [2.24, 2.45) is 7.05 Å². The minimum atomic E-state index is -0.561. The second-order valence-electron chi connectivity index (χ2n) is 6.83. The Morgan fingerprint density at radius 3 is 2.64 bits per heavy atom. The zero-order valence-corrected chi connectivity index (χ0v) is 15.4. The number of rotatable bonds is 3. The molecule has 0 fully saturated rings. The fourth-order valence-corrected chi connectivity index (χ4v) is 3.86. The number of anilines is 1. The van der Waals surface area contributed by atoms with Gasteiger partial charge in [-0.25, -0.2) is 0 Å². The molecule has 2 aromatic carbocycles. The maximum absolute atomic E-state index is 13.2. The molecule has 0 aliphatic carbocycles. The maximum Gasteiger partial charge on any atom is 0.283 e. The zero-order valence-electron chi connectivity index (χ0n) is 15.4. The molecule has 5 rings (SSSR count). The van der Waals surface area contributed by atoms with Crippen molar-refractivity contribution in [3.8, 4) is 11.1 Å². The van der Waals surface area contributed by atoms with E-state index in [4.69, 9.17) is 9.47 Å². The fourth-order valence-electron chi connectivity index (χ4n) is 3.86. The van der Waals surface area contributed by atoms with E-state index in [9.17, 15) is 4.79 Å². The van der Waals surface area contributed by atoms with Gasteiger partial charge in [-0.1, -0.05) is 42.5 Å². The van der Waals surface area contributed by atoms with E-state index in [1.165, 1.54) is 23.7 Å². The molecular formula is C22H19N3O3. The third-order valence-corrected chi connectivity index (χ3v) is 5.19. The monoisotopic (exact) mass is 373 g/mol. The lowest BCUT2D eigenvalue weighted by Crippen LogP contribution is -2.29. The molecule has 3 heterocycles. The number of hydrogen-bond donors (Lipinski definition) is 0. The Hall–Kier alpha value is -3.54. The first-order chi connectivity index (χ1) is 13.7. The highest BCUT2D eigenvalue weighted by Crippen LogP contribution is 2.37. The second-order valence-corrected chi connectivity index (χ2v) is 6.83. The van der Waals surface area contributed by atoms with E-state index in [0.717, 1.165) is 17.7 Å². The molecule has 6 nitrogen and oxygen atoms in total. The van der Waals surface area contributed by atoms with Crippen molar-refractivity contribution in [3.63, 3.8) is 0 Å². The van der Waals surface area contributed by atoms with Gasteiger partial charge in [0.05, 0.1) is 0 Å². The smallest absolute Gasteiger partial charge is 0.283 e. The molecule has 0 bridgehead atoms. The minimum absolute atomic E-state index is 0.114. The molecule has 2 aliphatic heterocycles. The van der Waals surface area contributed by atoms with Gasteiger partial charge in [-0.05, 0) is 29.2 Å². The number of nitrogens with zero attached hydrogens (tertiary/aromatic N) is 3. The molecular weight excluding hydrogens is 354 g/mol. The van der Waals surface area contributed by atoms with Crippen LogP contribution in [0.1, 0.15) is 28.0 Å². The molecule has 0 atom stereocenters. The van der Waals surface area contributed by atoms with Gasteiger partial charge in [-0.2, -0.15) is 5.10 Å². The normalized spacial score (nSPS) is 15.4. The number of ether oxygens (including phenoxy) is 2. The fraction of sp³-hybridized carbons (Fsp3) is 0.182. The lowest BCUT2D eigenvalue weighted by Gasteiger charge is -2.16. The van der Waals surface area contributed by atoms with Crippen LogP contribution in [0.25, 0.3) is 11.1 Å². The molecule has 3 aromatic rings. The van der Waals surface area contributed by atoms with Gasteiger partial charge in [0.25, 0.3) is 12.2 Å². The van der Waals surface area contributed by atoms with Crippen molar-refractivity contribution in [1.29, 1.82) is 0 Å². The molecule has 2 aliphatic rings. The van der Waals surface area contributed by atoms with Crippen LogP contribution in [-0.4, -0.2) is 22.2 Å². The Kier molecular flexibility index (Phi) is 3.90. The highest BCUT2D eigenvalue weighted by atomic mass is 16.7. The second kappa shape index (κ2) is 6.56. The van der Waals surface area contributed by atoms with E-state index in [2.05, 4.69) is 23.3 Å². The van der Waals surface area contributed by atoms with Gasteiger partial charge in [0.15, 0.2) is 5.69 Å². The molecule has 28 heavy (non-hydrogen) atoms. The van der Waals surface area contributed by atoms with Crippen LogP contribution < -0.4 is 4.90 Å². The van der Waals surface area contributed by atoms with Crippen LogP contribution in [0.5, 0.6) is 0 Å². The number of benzene rings is 2.